The smallest absolute Gasteiger partial charge is 0.0351 e. The summed E-state index contributed by atoms with van der Waals surface area (Å²) in [7, 11) is 0. The molecule has 1 heterocycles. The molecular formula is C15H28N2. The van der Waals surface area contributed by atoms with E-state index in [4.69, 9.17) is 0 Å². The minimum Gasteiger partial charge on any atom is -0.374 e. The van der Waals surface area contributed by atoms with Crippen molar-refractivity contribution in [2.24, 2.45) is 5.41 Å². The Hall–Kier alpha value is -0.920. The van der Waals surface area contributed by atoms with Crippen LogP contribution in [0.25, 0.3) is 0 Å². The molecule has 0 radical (unpaired) electrons. The molecule has 0 aromatic carbocycles. The first-order chi connectivity index (χ1) is 7.96. The van der Waals surface area contributed by atoms with Gasteiger partial charge in [-0.05, 0) is 24.5 Å². The highest BCUT2D eigenvalue weighted by atomic mass is 15.3. The molecule has 0 aromatic heterocycles. The van der Waals surface area contributed by atoms with Crippen LogP contribution in [-0.4, -0.2) is 36.0 Å². The molecule has 2 nitrogen and oxygen atoms in total. The zero-order valence-corrected chi connectivity index (χ0v) is 12.0. The Morgan fingerprint density at radius 2 is 1.76 bits per heavy atom. The number of piperazine rings is 1. The van der Waals surface area contributed by atoms with E-state index in [0.717, 1.165) is 32.6 Å². The number of hydrogen-bond acceptors (Lipinski definition) is 2. The maximum atomic E-state index is 3.84. The summed E-state index contributed by atoms with van der Waals surface area (Å²) in [6, 6.07) is 0. The fourth-order valence-corrected chi connectivity index (χ4v) is 2.28. The molecule has 0 N–H and O–H groups in total. The SMILES string of the molecule is C=CN1CCN(/C(=C/CC)CC(C)(C)C)CC1. The lowest BCUT2D eigenvalue weighted by Gasteiger charge is -2.38. The van der Waals surface area contributed by atoms with Gasteiger partial charge in [0.1, 0.15) is 0 Å². The normalized spacial score (nSPS) is 18.5. The first kappa shape index (κ1) is 14.1. The molecule has 98 valence electrons. The molecular weight excluding hydrogens is 208 g/mol. The molecule has 0 saturated carbocycles. The third-order valence-corrected chi connectivity index (χ3v) is 3.13. The van der Waals surface area contributed by atoms with Gasteiger partial charge in [-0.2, -0.15) is 0 Å². The predicted molar refractivity (Wildman–Crippen MR) is 75.8 cm³/mol. The third-order valence-electron chi connectivity index (χ3n) is 3.13. The fourth-order valence-electron chi connectivity index (χ4n) is 2.28. The minimum absolute atomic E-state index is 0.372. The highest BCUT2D eigenvalue weighted by molar-refractivity contribution is 5.05. The van der Waals surface area contributed by atoms with Crippen molar-refractivity contribution in [3.8, 4) is 0 Å². The van der Waals surface area contributed by atoms with Crippen LogP contribution in [-0.2, 0) is 0 Å². The van der Waals surface area contributed by atoms with Crippen LogP contribution < -0.4 is 0 Å². The van der Waals surface area contributed by atoms with E-state index in [1.54, 1.807) is 0 Å². The van der Waals surface area contributed by atoms with Gasteiger partial charge in [0.05, 0.1) is 0 Å². The molecule has 0 bridgehead atoms. The van der Waals surface area contributed by atoms with Gasteiger partial charge in [0.25, 0.3) is 0 Å². The van der Waals surface area contributed by atoms with Gasteiger partial charge in [-0.3, -0.25) is 0 Å². The molecule has 1 aliphatic rings. The van der Waals surface area contributed by atoms with Crippen molar-refractivity contribution in [1.82, 2.24) is 9.80 Å². The average Bonchev–Trinajstić information content (AvgIpc) is 2.27. The Morgan fingerprint density at radius 1 is 1.18 bits per heavy atom. The van der Waals surface area contributed by atoms with Crippen LogP contribution in [0.15, 0.2) is 24.6 Å². The quantitative estimate of drug-likeness (QED) is 0.737. The van der Waals surface area contributed by atoms with Crippen molar-refractivity contribution in [1.29, 1.82) is 0 Å². The number of nitrogens with zero attached hydrogens (tertiary/aromatic N) is 2. The Bertz CT molecular complexity index is 265. The first-order valence-corrected chi connectivity index (χ1v) is 6.77. The molecule has 2 heteroatoms. The van der Waals surface area contributed by atoms with Crippen molar-refractivity contribution >= 4 is 0 Å². The summed E-state index contributed by atoms with van der Waals surface area (Å²) < 4.78 is 0. The molecule has 0 atom stereocenters. The van der Waals surface area contributed by atoms with Crippen LogP contribution in [0.4, 0.5) is 0 Å². The van der Waals surface area contributed by atoms with Crippen molar-refractivity contribution in [3.05, 3.63) is 24.6 Å². The first-order valence-electron chi connectivity index (χ1n) is 6.77. The average molecular weight is 236 g/mol. The molecule has 17 heavy (non-hydrogen) atoms. The zero-order chi connectivity index (χ0) is 12.9. The van der Waals surface area contributed by atoms with E-state index < -0.39 is 0 Å². The van der Waals surface area contributed by atoms with Crippen molar-refractivity contribution in [3.63, 3.8) is 0 Å². The van der Waals surface area contributed by atoms with Crippen molar-refractivity contribution < 1.29 is 0 Å². The highest BCUT2D eigenvalue weighted by Crippen LogP contribution is 2.27. The standard InChI is InChI=1S/C15H28N2/c1-6-8-14(13-15(3,4)5)17-11-9-16(7-2)10-12-17/h7-8H,2,6,9-13H2,1,3-5H3/b14-8+. The van der Waals surface area contributed by atoms with Gasteiger partial charge in [0.15, 0.2) is 0 Å². The molecule has 1 fully saturated rings. The van der Waals surface area contributed by atoms with E-state index in [-0.39, 0.29) is 0 Å². The molecule has 1 rings (SSSR count). The Morgan fingerprint density at radius 3 is 2.18 bits per heavy atom. The highest BCUT2D eigenvalue weighted by Gasteiger charge is 2.20. The third kappa shape index (κ3) is 4.84. The van der Waals surface area contributed by atoms with Crippen LogP contribution in [0.1, 0.15) is 40.5 Å². The second kappa shape index (κ2) is 6.13. The summed E-state index contributed by atoms with van der Waals surface area (Å²) in [5, 5.41) is 0. The van der Waals surface area contributed by atoms with Crippen molar-refractivity contribution in [2.45, 2.75) is 40.5 Å². The summed E-state index contributed by atoms with van der Waals surface area (Å²) in [5.41, 5.74) is 1.90. The fraction of sp³-hybridized carbons (Fsp3) is 0.733. The Kier molecular flexibility index (Phi) is 5.10. The summed E-state index contributed by atoms with van der Waals surface area (Å²) in [6.45, 7) is 17.5. The minimum atomic E-state index is 0.372. The second-order valence-corrected chi connectivity index (χ2v) is 6.05. The maximum Gasteiger partial charge on any atom is 0.0351 e. The Labute approximate surface area is 107 Å². The lowest BCUT2D eigenvalue weighted by atomic mass is 9.89. The van der Waals surface area contributed by atoms with E-state index in [0.29, 0.717) is 5.41 Å². The molecule has 1 saturated heterocycles. The van der Waals surface area contributed by atoms with E-state index in [1.165, 1.54) is 12.1 Å². The second-order valence-electron chi connectivity index (χ2n) is 6.05. The van der Waals surface area contributed by atoms with E-state index in [9.17, 15) is 0 Å². The monoisotopic (exact) mass is 236 g/mol. The van der Waals surface area contributed by atoms with Gasteiger partial charge < -0.3 is 9.80 Å². The summed E-state index contributed by atoms with van der Waals surface area (Å²) in [4.78, 5) is 4.85. The molecule has 0 amide bonds. The largest absolute Gasteiger partial charge is 0.374 e. The van der Waals surface area contributed by atoms with E-state index >= 15 is 0 Å². The number of allylic oxidation sites excluding steroid dienone is 2. The zero-order valence-electron chi connectivity index (χ0n) is 12.0. The van der Waals surface area contributed by atoms with Gasteiger partial charge in [-0.15, -0.1) is 0 Å². The van der Waals surface area contributed by atoms with Crippen molar-refractivity contribution in [2.75, 3.05) is 26.2 Å². The van der Waals surface area contributed by atoms with E-state index in [2.05, 4.69) is 50.1 Å². The molecule has 0 aliphatic carbocycles. The number of hydrogen-bond donors (Lipinski definition) is 0. The molecule has 0 aromatic rings. The molecule has 1 aliphatic heterocycles. The van der Waals surface area contributed by atoms with Gasteiger partial charge in [0, 0.05) is 31.9 Å². The van der Waals surface area contributed by atoms with Crippen LogP contribution in [0.2, 0.25) is 0 Å². The van der Waals surface area contributed by atoms with Gasteiger partial charge >= 0.3 is 0 Å². The van der Waals surface area contributed by atoms with Gasteiger partial charge in [-0.25, -0.2) is 0 Å². The predicted octanol–water partition coefficient (Wildman–Crippen LogP) is 3.48. The lowest BCUT2D eigenvalue weighted by molar-refractivity contribution is 0.189. The van der Waals surface area contributed by atoms with Crippen LogP contribution in [0.5, 0.6) is 0 Å². The summed E-state index contributed by atoms with van der Waals surface area (Å²) in [6.07, 6.45) is 6.67. The molecule has 0 unspecified atom stereocenters. The molecule has 0 spiro atoms. The van der Waals surface area contributed by atoms with Crippen LogP contribution >= 0.6 is 0 Å². The number of rotatable bonds is 4. The summed E-state index contributed by atoms with van der Waals surface area (Å²) in [5.74, 6) is 0. The van der Waals surface area contributed by atoms with Crippen LogP contribution in [0, 0.1) is 5.41 Å². The van der Waals surface area contributed by atoms with Gasteiger partial charge in [0.2, 0.25) is 0 Å². The maximum absolute atomic E-state index is 3.84. The Balaban J connectivity index is 2.61. The van der Waals surface area contributed by atoms with Crippen LogP contribution in [0.3, 0.4) is 0 Å². The summed E-state index contributed by atoms with van der Waals surface area (Å²) >= 11 is 0. The van der Waals surface area contributed by atoms with Gasteiger partial charge in [-0.1, -0.05) is 40.3 Å². The topological polar surface area (TPSA) is 6.48 Å². The lowest BCUT2D eigenvalue weighted by Crippen LogP contribution is -2.43. The van der Waals surface area contributed by atoms with E-state index in [1.807, 2.05) is 6.20 Å².